The van der Waals surface area contributed by atoms with Gasteiger partial charge in [0.25, 0.3) is 0 Å². The zero-order valence-electron chi connectivity index (χ0n) is 6.13. The van der Waals surface area contributed by atoms with E-state index in [1.165, 1.54) is 0 Å². The van der Waals surface area contributed by atoms with Crippen LogP contribution in [0.2, 0.25) is 0 Å². The number of aliphatic hydroxyl groups is 2. The first-order chi connectivity index (χ1) is 4.33. The minimum Gasteiger partial charge on any atom is -0.394 e. The van der Waals surface area contributed by atoms with Crippen LogP contribution in [0.5, 0.6) is 0 Å². The van der Waals surface area contributed by atoms with Crippen molar-refractivity contribution in [3.63, 3.8) is 0 Å². The fourth-order valence-corrected chi connectivity index (χ4v) is 0.204. The second kappa shape index (κ2) is 15.7. The van der Waals surface area contributed by atoms with Gasteiger partial charge < -0.3 is 14.9 Å². The molecule has 0 aliphatic heterocycles. The molecule has 0 aromatic heterocycles. The highest BCUT2D eigenvalue weighted by atomic mass is 16.5. The molecular weight excluding hydrogens is 120 g/mol. The molecular formula is C6H16O3. The van der Waals surface area contributed by atoms with Crippen LogP contribution in [0.3, 0.4) is 0 Å². The van der Waals surface area contributed by atoms with Crippen LogP contribution in [0, 0.1) is 0 Å². The first-order valence-corrected chi connectivity index (χ1v) is 3.04. The maximum absolute atomic E-state index is 7.62. The Morgan fingerprint density at radius 3 is 1.67 bits per heavy atom. The lowest BCUT2D eigenvalue weighted by Crippen LogP contribution is -1.85. The first-order valence-electron chi connectivity index (χ1n) is 3.04. The van der Waals surface area contributed by atoms with E-state index in [2.05, 4.69) is 6.92 Å². The van der Waals surface area contributed by atoms with Crippen molar-refractivity contribution in [1.29, 1.82) is 0 Å². The number of ether oxygens (including phenoxy) is 1. The van der Waals surface area contributed by atoms with Gasteiger partial charge in [0, 0.05) is 13.7 Å². The number of aliphatic hydroxyl groups excluding tert-OH is 2. The third kappa shape index (κ3) is 32.8. The van der Waals surface area contributed by atoms with Crippen LogP contribution in [0.15, 0.2) is 0 Å². The molecule has 0 unspecified atom stereocenters. The van der Waals surface area contributed by atoms with Crippen molar-refractivity contribution < 1.29 is 14.9 Å². The molecule has 0 saturated heterocycles. The van der Waals surface area contributed by atoms with Gasteiger partial charge in [-0.15, -0.1) is 0 Å². The molecule has 0 aliphatic rings. The van der Waals surface area contributed by atoms with Crippen LogP contribution >= 0.6 is 0 Å². The summed E-state index contributed by atoms with van der Waals surface area (Å²) < 4.78 is 4.69. The molecule has 0 heterocycles. The van der Waals surface area contributed by atoms with E-state index in [4.69, 9.17) is 14.9 Å². The largest absolute Gasteiger partial charge is 0.394 e. The van der Waals surface area contributed by atoms with E-state index in [0.29, 0.717) is 0 Å². The molecule has 3 nitrogen and oxygen atoms in total. The van der Waals surface area contributed by atoms with Crippen molar-refractivity contribution in [2.75, 3.05) is 26.9 Å². The van der Waals surface area contributed by atoms with Crippen molar-refractivity contribution in [1.82, 2.24) is 0 Å². The van der Waals surface area contributed by atoms with Crippen molar-refractivity contribution in [2.24, 2.45) is 0 Å². The second-order valence-electron chi connectivity index (χ2n) is 1.44. The van der Waals surface area contributed by atoms with Gasteiger partial charge in [0.15, 0.2) is 0 Å². The van der Waals surface area contributed by atoms with Crippen molar-refractivity contribution in [2.45, 2.75) is 13.3 Å². The predicted octanol–water partition coefficient (Wildman–Crippen LogP) is 0.0138. The summed E-state index contributed by atoms with van der Waals surface area (Å²) in [5.74, 6) is 0. The Kier molecular flexibility index (Phi) is 20.3. The van der Waals surface area contributed by atoms with Crippen LogP contribution < -0.4 is 0 Å². The molecule has 9 heavy (non-hydrogen) atoms. The van der Waals surface area contributed by atoms with E-state index < -0.39 is 0 Å². The zero-order valence-corrected chi connectivity index (χ0v) is 6.13. The molecule has 0 saturated carbocycles. The van der Waals surface area contributed by atoms with Gasteiger partial charge in [-0.2, -0.15) is 0 Å². The summed E-state index contributed by atoms with van der Waals surface area (Å²) >= 11 is 0. The molecule has 0 amide bonds. The van der Waals surface area contributed by atoms with Gasteiger partial charge in [-0.05, 0) is 6.42 Å². The average Bonchev–Trinajstić information content (AvgIpc) is 1.91. The van der Waals surface area contributed by atoms with Crippen molar-refractivity contribution in [3.05, 3.63) is 0 Å². The summed E-state index contributed by atoms with van der Waals surface area (Å²) in [5, 5.41) is 15.2. The molecule has 0 radical (unpaired) electrons. The normalized spacial score (nSPS) is 8.00. The molecule has 0 aliphatic carbocycles. The molecule has 0 atom stereocenters. The molecule has 0 aromatic carbocycles. The number of hydrogen-bond donors (Lipinski definition) is 2. The highest BCUT2D eigenvalue weighted by molar-refractivity contribution is 4.15. The predicted molar refractivity (Wildman–Crippen MR) is 36.3 cm³/mol. The van der Waals surface area contributed by atoms with Crippen molar-refractivity contribution >= 4 is 0 Å². The molecule has 0 bridgehead atoms. The Morgan fingerprint density at radius 2 is 1.67 bits per heavy atom. The Bertz CT molecular complexity index is 27.5. The fourth-order valence-electron chi connectivity index (χ4n) is 0.204. The highest BCUT2D eigenvalue weighted by Gasteiger charge is 1.66. The third-order valence-electron chi connectivity index (χ3n) is 0.508. The lowest BCUT2D eigenvalue weighted by Gasteiger charge is -1.84. The van der Waals surface area contributed by atoms with Gasteiger partial charge in [-0.3, -0.25) is 0 Å². The quantitative estimate of drug-likeness (QED) is 0.574. The standard InChI is InChI=1S/C4H10O.C2H6O2/c1-3-4-5-2;3-1-2-4/h3-4H2,1-2H3;3-4H,1-2H2. The zero-order chi connectivity index (χ0) is 7.54. The van der Waals surface area contributed by atoms with E-state index in [0.717, 1.165) is 13.0 Å². The lowest BCUT2D eigenvalue weighted by atomic mass is 10.5. The Hall–Kier alpha value is -0.120. The Balaban J connectivity index is 0. The van der Waals surface area contributed by atoms with E-state index in [9.17, 15) is 0 Å². The number of hydrogen-bond acceptors (Lipinski definition) is 3. The van der Waals surface area contributed by atoms with E-state index in [-0.39, 0.29) is 13.2 Å². The summed E-state index contributed by atoms with van der Waals surface area (Å²) in [6.07, 6.45) is 1.12. The first kappa shape index (κ1) is 11.6. The number of methoxy groups -OCH3 is 1. The van der Waals surface area contributed by atoms with Gasteiger partial charge in [0.1, 0.15) is 0 Å². The van der Waals surface area contributed by atoms with Gasteiger partial charge in [0.05, 0.1) is 13.2 Å². The summed E-state index contributed by atoms with van der Waals surface area (Å²) in [5.41, 5.74) is 0. The minimum atomic E-state index is -0.125. The Morgan fingerprint density at radius 1 is 1.22 bits per heavy atom. The highest BCUT2D eigenvalue weighted by Crippen LogP contribution is 1.70. The molecule has 0 spiro atoms. The fraction of sp³-hybridized carbons (Fsp3) is 1.00. The van der Waals surface area contributed by atoms with E-state index in [1.807, 2.05) is 0 Å². The van der Waals surface area contributed by atoms with Gasteiger partial charge in [-0.1, -0.05) is 6.92 Å². The molecule has 3 heteroatoms. The molecule has 0 rings (SSSR count). The summed E-state index contributed by atoms with van der Waals surface area (Å²) in [6.45, 7) is 2.73. The summed E-state index contributed by atoms with van der Waals surface area (Å²) in [6, 6.07) is 0. The SMILES string of the molecule is CCCOC.OCCO. The lowest BCUT2D eigenvalue weighted by molar-refractivity contribution is 0.186. The van der Waals surface area contributed by atoms with Crippen LogP contribution in [0.25, 0.3) is 0 Å². The smallest absolute Gasteiger partial charge is 0.0662 e. The van der Waals surface area contributed by atoms with Crippen LogP contribution in [-0.2, 0) is 4.74 Å². The Labute approximate surface area is 56.3 Å². The van der Waals surface area contributed by atoms with Gasteiger partial charge in [-0.25, -0.2) is 0 Å². The number of rotatable bonds is 3. The average molecular weight is 136 g/mol. The maximum atomic E-state index is 7.62. The third-order valence-corrected chi connectivity index (χ3v) is 0.508. The summed E-state index contributed by atoms with van der Waals surface area (Å²) in [4.78, 5) is 0. The molecule has 58 valence electrons. The van der Waals surface area contributed by atoms with Crippen LogP contribution in [-0.4, -0.2) is 37.1 Å². The van der Waals surface area contributed by atoms with E-state index in [1.54, 1.807) is 7.11 Å². The monoisotopic (exact) mass is 136 g/mol. The minimum absolute atomic E-state index is 0.125. The maximum Gasteiger partial charge on any atom is 0.0662 e. The topological polar surface area (TPSA) is 49.7 Å². The molecule has 0 aromatic rings. The van der Waals surface area contributed by atoms with Crippen LogP contribution in [0.1, 0.15) is 13.3 Å². The van der Waals surface area contributed by atoms with Crippen molar-refractivity contribution in [3.8, 4) is 0 Å². The van der Waals surface area contributed by atoms with Crippen LogP contribution in [0.4, 0.5) is 0 Å². The van der Waals surface area contributed by atoms with Gasteiger partial charge >= 0.3 is 0 Å². The van der Waals surface area contributed by atoms with Gasteiger partial charge in [0.2, 0.25) is 0 Å². The van der Waals surface area contributed by atoms with E-state index >= 15 is 0 Å². The second-order valence-corrected chi connectivity index (χ2v) is 1.44. The summed E-state index contributed by atoms with van der Waals surface area (Å²) in [7, 11) is 1.71. The molecule has 2 N–H and O–H groups in total. The molecule has 0 fully saturated rings.